The molecule has 1 atom stereocenters. The van der Waals surface area contributed by atoms with E-state index in [9.17, 15) is 9.59 Å². The summed E-state index contributed by atoms with van der Waals surface area (Å²) in [4.78, 5) is 23.9. The maximum atomic E-state index is 12.0. The van der Waals surface area contributed by atoms with Gasteiger partial charge in [-0.2, -0.15) is 0 Å². The first kappa shape index (κ1) is 22.7. The van der Waals surface area contributed by atoms with Gasteiger partial charge in [-0.25, -0.2) is 0 Å². The summed E-state index contributed by atoms with van der Waals surface area (Å²) in [5.41, 5.74) is 6.87. The van der Waals surface area contributed by atoms with Crippen LogP contribution in [-0.4, -0.2) is 25.0 Å². The molecule has 0 radical (unpaired) electrons. The Bertz CT molecular complexity index is 841. The highest BCUT2D eigenvalue weighted by atomic mass is 79.9. The van der Waals surface area contributed by atoms with Gasteiger partial charge in [0.25, 0.3) is 11.8 Å². The summed E-state index contributed by atoms with van der Waals surface area (Å²) in [7, 11) is 0. The van der Waals surface area contributed by atoms with Crippen LogP contribution in [0.4, 0.5) is 0 Å². The van der Waals surface area contributed by atoms with Crippen LogP contribution in [-0.2, 0) is 16.0 Å². The number of rotatable bonds is 9. The van der Waals surface area contributed by atoms with Crippen LogP contribution in [0.3, 0.4) is 0 Å². The molecule has 7 heteroatoms. The van der Waals surface area contributed by atoms with Gasteiger partial charge in [-0.1, -0.05) is 45.0 Å². The lowest BCUT2D eigenvalue weighted by Gasteiger charge is -2.15. The molecule has 0 saturated carbocycles. The maximum absolute atomic E-state index is 12.0. The Morgan fingerprint density at radius 2 is 1.59 bits per heavy atom. The first-order valence-corrected chi connectivity index (χ1v) is 10.4. The molecular weight excluding hydrogens is 436 g/mol. The zero-order valence-electron chi connectivity index (χ0n) is 17.0. The SMILES string of the molecule is CCc1ccc(OCC(=O)NNC(=O)COc2ccccc2C(C)CC)c(Br)c1. The first-order valence-electron chi connectivity index (χ1n) is 9.65. The molecular formula is C22H27BrN2O4. The second-order valence-electron chi connectivity index (χ2n) is 6.64. The summed E-state index contributed by atoms with van der Waals surface area (Å²) in [6, 6.07) is 13.3. The van der Waals surface area contributed by atoms with Crippen molar-refractivity contribution in [1.82, 2.24) is 10.9 Å². The Morgan fingerprint density at radius 3 is 2.17 bits per heavy atom. The number of carbonyl (C=O) groups excluding carboxylic acids is 2. The van der Waals surface area contributed by atoms with Crippen molar-refractivity contribution in [3.63, 3.8) is 0 Å². The molecule has 0 heterocycles. The second-order valence-corrected chi connectivity index (χ2v) is 7.49. The zero-order chi connectivity index (χ0) is 21.2. The van der Waals surface area contributed by atoms with Crippen LogP contribution < -0.4 is 20.3 Å². The van der Waals surface area contributed by atoms with E-state index >= 15 is 0 Å². The molecule has 156 valence electrons. The van der Waals surface area contributed by atoms with Gasteiger partial charge in [0.2, 0.25) is 0 Å². The quantitative estimate of drug-likeness (QED) is 0.549. The van der Waals surface area contributed by atoms with Gasteiger partial charge in [0.05, 0.1) is 4.47 Å². The highest BCUT2D eigenvalue weighted by Gasteiger charge is 2.12. The maximum Gasteiger partial charge on any atom is 0.276 e. The molecule has 0 saturated heterocycles. The predicted octanol–water partition coefficient (Wildman–Crippen LogP) is 4.13. The normalized spacial score (nSPS) is 11.4. The predicted molar refractivity (Wildman–Crippen MR) is 116 cm³/mol. The molecule has 0 aliphatic heterocycles. The van der Waals surface area contributed by atoms with Gasteiger partial charge in [-0.3, -0.25) is 20.4 Å². The molecule has 2 rings (SSSR count). The number of benzene rings is 2. The van der Waals surface area contributed by atoms with Crippen molar-refractivity contribution in [3.8, 4) is 11.5 Å². The van der Waals surface area contributed by atoms with Crippen molar-refractivity contribution < 1.29 is 19.1 Å². The summed E-state index contributed by atoms with van der Waals surface area (Å²) in [5.74, 6) is 0.646. The molecule has 1 unspecified atom stereocenters. The van der Waals surface area contributed by atoms with Crippen LogP contribution in [0.1, 0.15) is 44.2 Å². The topological polar surface area (TPSA) is 76.7 Å². The molecule has 0 fully saturated rings. The summed E-state index contributed by atoms with van der Waals surface area (Å²) < 4.78 is 11.9. The molecule has 2 N–H and O–H groups in total. The largest absolute Gasteiger partial charge is 0.483 e. The van der Waals surface area contributed by atoms with Crippen molar-refractivity contribution >= 4 is 27.7 Å². The molecule has 2 aromatic rings. The van der Waals surface area contributed by atoms with Crippen molar-refractivity contribution in [1.29, 1.82) is 0 Å². The highest BCUT2D eigenvalue weighted by Crippen LogP contribution is 2.28. The molecule has 0 spiro atoms. The van der Waals surface area contributed by atoms with Gasteiger partial charge >= 0.3 is 0 Å². The lowest BCUT2D eigenvalue weighted by Crippen LogP contribution is -2.45. The van der Waals surface area contributed by atoms with E-state index in [-0.39, 0.29) is 13.2 Å². The van der Waals surface area contributed by atoms with Crippen LogP contribution in [0.5, 0.6) is 11.5 Å². The van der Waals surface area contributed by atoms with E-state index in [1.54, 1.807) is 6.07 Å². The number of amides is 2. The van der Waals surface area contributed by atoms with Crippen LogP contribution in [0.15, 0.2) is 46.9 Å². The number of nitrogens with one attached hydrogen (secondary N) is 2. The summed E-state index contributed by atoms with van der Waals surface area (Å²) in [6.45, 7) is 5.85. The molecule has 0 aliphatic rings. The van der Waals surface area contributed by atoms with Crippen molar-refractivity contribution in [3.05, 3.63) is 58.1 Å². The number of halogens is 1. The van der Waals surface area contributed by atoms with Gasteiger partial charge in [-0.15, -0.1) is 0 Å². The lowest BCUT2D eigenvalue weighted by atomic mass is 9.98. The number of hydrogen-bond acceptors (Lipinski definition) is 4. The number of hydrazine groups is 1. The Labute approximate surface area is 180 Å². The summed E-state index contributed by atoms with van der Waals surface area (Å²) in [5, 5.41) is 0. The van der Waals surface area contributed by atoms with E-state index in [0.717, 1.165) is 28.4 Å². The molecule has 0 bridgehead atoms. The first-order chi connectivity index (χ1) is 13.9. The van der Waals surface area contributed by atoms with Gasteiger partial charge in [0, 0.05) is 0 Å². The summed E-state index contributed by atoms with van der Waals surface area (Å²) in [6.07, 6.45) is 1.88. The average molecular weight is 463 g/mol. The van der Waals surface area contributed by atoms with Crippen LogP contribution in [0.25, 0.3) is 0 Å². The van der Waals surface area contributed by atoms with Crippen molar-refractivity contribution in [2.24, 2.45) is 0 Å². The van der Waals surface area contributed by atoms with Crippen LogP contribution >= 0.6 is 15.9 Å². The van der Waals surface area contributed by atoms with Crippen molar-refractivity contribution in [2.45, 2.75) is 39.5 Å². The lowest BCUT2D eigenvalue weighted by molar-refractivity contribution is -0.131. The molecule has 2 aromatic carbocycles. The Kier molecular flexibility index (Phi) is 8.99. The molecule has 29 heavy (non-hydrogen) atoms. The standard InChI is InChI=1S/C22H27BrN2O4/c1-4-15(3)17-8-6-7-9-19(17)28-13-21(26)24-25-22(27)14-29-20-11-10-16(5-2)12-18(20)23/h6-12,15H,4-5,13-14H2,1-3H3,(H,24,26)(H,25,27). The van der Waals surface area contributed by atoms with Crippen LogP contribution in [0.2, 0.25) is 0 Å². The molecule has 0 aromatic heterocycles. The van der Waals surface area contributed by atoms with Gasteiger partial charge in [-0.05, 0) is 64.0 Å². The smallest absolute Gasteiger partial charge is 0.276 e. The fourth-order valence-electron chi connectivity index (χ4n) is 2.62. The van der Waals surface area contributed by atoms with E-state index in [4.69, 9.17) is 9.47 Å². The highest BCUT2D eigenvalue weighted by molar-refractivity contribution is 9.10. The Hall–Kier alpha value is -2.54. The van der Waals surface area contributed by atoms with E-state index in [2.05, 4.69) is 47.6 Å². The molecule has 2 amide bonds. The third kappa shape index (κ3) is 7.09. The van der Waals surface area contributed by atoms with Gasteiger partial charge < -0.3 is 9.47 Å². The van der Waals surface area contributed by atoms with E-state index < -0.39 is 11.8 Å². The zero-order valence-corrected chi connectivity index (χ0v) is 18.5. The summed E-state index contributed by atoms with van der Waals surface area (Å²) >= 11 is 3.42. The number of para-hydroxylation sites is 1. The number of hydrogen-bond donors (Lipinski definition) is 2. The second kappa shape index (κ2) is 11.5. The fourth-order valence-corrected chi connectivity index (χ4v) is 3.16. The Balaban J connectivity index is 1.76. The monoisotopic (exact) mass is 462 g/mol. The van der Waals surface area contributed by atoms with Crippen molar-refractivity contribution in [2.75, 3.05) is 13.2 Å². The minimum atomic E-state index is -0.468. The fraction of sp³-hybridized carbons (Fsp3) is 0.364. The van der Waals surface area contributed by atoms with E-state index in [1.165, 1.54) is 0 Å². The number of carbonyl (C=O) groups is 2. The van der Waals surface area contributed by atoms with E-state index in [1.807, 2.05) is 36.4 Å². The van der Waals surface area contributed by atoms with Crippen LogP contribution in [0, 0.1) is 0 Å². The van der Waals surface area contributed by atoms with Gasteiger partial charge in [0.1, 0.15) is 11.5 Å². The Morgan fingerprint density at radius 1 is 0.966 bits per heavy atom. The number of ether oxygens (including phenoxy) is 2. The third-order valence-corrected chi connectivity index (χ3v) is 5.15. The third-order valence-electron chi connectivity index (χ3n) is 4.53. The van der Waals surface area contributed by atoms with E-state index in [0.29, 0.717) is 17.4 Å². The average Bonchev–Trinajstić information content (AvgIpc) is 2.74. The molecule has 0 aliphatic carbocycles. The van der Waals surface area contributed by atoms with Gasteiger partial charge in [0.15, 0.2) is 13.2 Å². The molecule has 6 nitrogen and oxygen atoms in total. The minimum Gasteiger partial charge on any atom is -0.483 e. The minimum absolute atomic E-state index is 0.196. The number of aryl methyl sites for hydroxylation is 1.